The van der Waals surface area contributed by atoms with E-state index in [-0.39, 0.29) is 0 Å². The van der Waals surface area contributed by atoms with Gasteiger partial charge in [-0.25, -0.2) is 0 Å². The number of hydrogen-bond acceptors (Lipinski definition) is 1. The summed E-state index contributed by atoms with van der Waals surface area (Å²) in [6, 6.07) is -6.50. The van der Waals surface area contributed by atoms with E-state index in [2.05, 4.69) is 5.73 Å². The Morgan fingerprint density at radius 3 is 1.11 bits per heavy atom. The fourth-order valence-corrected chi connectivity index (χ4v) is 1.66. The minimum Gasteiger partial charge on any atom is -0.267 e. The normalized spacial score (nSPS) is 16.0. The van der Waals surface area contributed by atoms with Crippen molar-refractivity contribution < 1.29 is 65.9 Å². The van der Waals surface area contributed by atoms with Crippen LogP contribution < -0.4 is 5.73 Å². The second-order valence-electron chi connectivity index (χ2n) is 5.45. The lowest BCUT2D eigenvalue weighted by atomic mass is 9.91. The molecule has 0 heterocycles. The molecule has 0 saturated heterocycles. The molecule has 2 N–H and O–H groups in total. The molecule has 0 aromatic rings. The average molecular weight is 441 g/mol. The van der Waals surface area contributed by atoms with Crippen LogP contribution >= 0.6 is 0 Å². The summed E-state index contributed by atoms with van der Waals surface area (Å²) in [6.45, 7) is 0. The Bertz CT molecular complexity index is 501. The number of hydrogen-bond donors (Lipinski definition) is 1. The van der Waals surface area contributed by atoms with Gasteiger partial charge in [-0.05, 0) is 12.8 Å². The largest absolute Gasteiger partial charge is 0.392 e. The van der Waals surface area contributed by atoms with E-state index in [4.69, 9.17) is 0 Å². The molecule has 0 radical (unpaired) electrons. The fraction of sp³-hybridized carbons (Fsp3) is 1.00. The topological polar surface area (TPSA) is 26.0 Å². The minimum absolute atomic E-state index is 1.31. The summed E-state index contributed by atoms with van der Waals surface area (Å²) in [4.78, 5) is 0. The van der Waals surface area contributed by atoms with Gasteiger partial charge in [-0.15, -0.1) is 0 Å². The molecule has 164 valence electrons. The van der Waals surface area contributed by atoms with Gasteiger partial charge in [-0.3, -0.25) is 5.73 Å². The summed E-state index contributed by atoms with van der Waals surface area (Å²) < 4.78 is 191. The number of rotatable bonds is 9. The van der Waals surface area contributed by atoms with E-state index in [1.807, 2.05) is 0 Å². The molecule has 0 aromatic carbocycles. The van der Waals surface area contributed by atoms with Crippen molar-refractivity contribution in [3.05, 3.63) is 0 Å². The van der Waals surface area contributed by atoms with Gasteiger partial charge in [0.15, 0.2) is 0 Å². The SMILES string of the molecule is NC(F)(F)C(F)(F)C(F)(F)C(F)(F)C(F)(F)C(F)(F)CCCCC(F)(F)F. The first-order chi connectivity index (χ1) is 11.5. The molecule has 27 heavy (non-hydrogen) atoms. The second kappa shape index (κ2) is 7.06. The molecule has 0 rings (SSSR count). The highest BCUT2D eigenvalue weighted by atomic mass is 19.4. The minimum atomic E-state index is -7.75. The van der Waals surface area contributed by atoms with Gasteiger partial charge in [-0.1, -0.05) is 0 Å². The zero-order valence-electron chi connectivity index (χ0n) is 12.6. The molecule has 0 aliphatic heterocycles. The summed E-state index contributed by atoms with van der Waals surface area (Å²) in [7, 11) is 0. The van der Waals surface area contributed by atoms with Crippen molar-refractivity contribution in [1.82, 2.24) is 0 Å². The van der Waals surface area contributed by atoms with Gasteiger partial charge in [0.2, 0.25) is 0 Å². The number of nitrogens with two attached hydrogens (primary N) is 1. The van der Waals surface area contributed by atoms with E-state index < -0.39 is 67.5 Å². The molecule has 0 amide bonds. The van der Waals surface area contributed by atoms with Crippen LogP contribution in [0.4, 0.5) is 65.9 Å². The quantitative estimate of drug-likeness (QED) is 0.272. The first-order valence-corrected chi connectivity index (χ1v) is 6.58. The Balaban J connectivity index is 5.68. The van der Waals surface area contributed by atoms with Gasteiger partial charge in [-0.2, -0.15) is 65.9 Å². The predicted molar refractivity (Wildman–Crippen MR) is 58.4 cm³/mol. The molecule has 0 aliphatic rings. The Labute approximate surface area is 140 Å². The molecule has 0 bridgehead atoms. The third kappa shape index (κ3) is 4.67. The van der Waals surface area contributed by atoms with Crippen molar-refractivity contribution in [2.45, 2.75) is 67.5 Å². The van der Waals surface area contributed by atoms with E-state index in [1.54, 1.807) is 0 Å². The van der Waals surface area contributed by atoms with Crippen LogP contribution in [0.2, 0.25) is 0 Å². The molecule has 0 saturated carbocycles. The highest BCUT2D eigenvalue weighted by Gasteiger charge is 2.89. The van der Waals surface area contributed by atoms with Gasteiger partial charge >= 0.3 is 41.8 Å². The zero-order valence-corrected chi connectivity index (χ0v) is 12.6. The molecule has 0 aliphatic carbocycles. The zero-order chi connectivity index (χ0) is 22.3. The second-order valence-corrected chi connectivity index (χ2v) is 5.45. The molecule has 1 nitrogen and oxygen atoms in total. The van der Waals surface area contributed by atoms with Gasteiger partial charge in [0.25, 0.3) is 0 Å². The van der Waals surface area contributed by atoms with Crippen LogP contribution in [0.5, 0.6) is 0 Å². The highest BCUT2D eigenvalue weighted by molar-refractivity contribution is 5.10. The average Bonchev–Trinajstić information content (AvgIpc) is 2.40. The molecular weight excluding hydrogens is 431 g/mol. The van der Waals surface area contributed by atoms with Crippen molar-refractivity contribution in [2.75, 3.05) is 0 Å². The Hall–Kier alpha value is -1.09. The molecule has 0 atom stereocenters. The van der Waals surface area contributed by atoms with Gasteiger partial charge in [0.1, 0.15) is 0 Å². The van der Waals surface area contributed by atoms with Crippen molar-refractivity contribution in [3.8, 4) is 0 Å². The Morgan fingerprint density at radius 2 is 0.778 bits per heavy atom. The van der Waals surface area contributed by atoms with Crippen LogP contribution in [0.25, 0.3) is 0 Å². The van der Waals surface area contributed by atoms with E-state index in [1.165, 1.54) is 0 Å². The van der Waals surface area contributed by atoms with Crippen LogP contribution in [0, 0.1) is 0 Å². The molecule has 0 unspecified atom stereocenters. The maximum Gasteiger partial charge on any atom is 0.392 e. The lowest BCUT2D eigenvalue weighted by Crippen LogP contribution is -2.72. The number of halogens is 15. The van der Waals surface area contributed by atoms with E-state index in [0.29, 0.717) is 0 Å². The summed E-state index contributed by atoms with van der Waals surface area (Å²) >= 11 is 0. The summed E-state index contributed by atoms with van der Waals surface area (Å²) in [6.07, 6.45) is -12.2. The molecule has 0 fully saturated rings. The van der Waals surface area contributed by atoms with Gasteiger partial charge in [0.05, 0.1) is 0 Å². The third-order valence-corrected chi connectivity index (χ3v) is 3.26. The van der Waals surface area contributed by atoms with E-state index in [9.17, 15) is 65.9 Å². The van der Waals surface area contributed by atoms with E-state index >= 15 is 0 Å². The standard InChI is InChI=1S/C11H10F15N/c12-5(13,3-1-2-4-6(14,15)16)7(17,18)8(19,20)9(21,22)10(23,24)11(25,26)27/h1-4,27H2. The summed E-state index contributed by atoms with van der Waals surface area (Å²) in [5, 5.41) is 0. The van der Waals surface area contributed by atoms with Crippen molar-refractivity contribution in [3.63, 3.8) is 0 Å². The Kier molecular flexibility index (Phi) is 6.78. The number of unbranched alkanes of at least 4 members (excludes halogenated alkanes) is 1. The molecule has 16 heteroatoms. The molecular formula is C11H10F15N. The monoisotopic (exact) mass is 441 g/mol. The van der Waals surface area contributed by atoms with Crippen LogP contribution in [0.15, 0.2) is 0 Å². The number of alkyl halides is 15. The lowest BCUT2D eigenvalue weighted by molar-refractivity contribution is -0.424. The molecule has 0 aromatic heterocycles. The van der Waals surface area contributed by atoms with Crippen molar-refractivity contribution in [1.29, 1.82) is 0 Å². The van der Waals surface area contributed by atoms with Crippen LogP contribution in [-0.2, 0) is 0 Å². The first kappa shape index (κ1) is 25.9. The first-order valence-electron chi connectivity index (χ1n) is 6.58. The van der Waals surface area contributed by atoms with Crippen LogP contribution in [0.1, 0.15) is 25.7 Å². The smallest absolute Gasteiger partial charge is 0.267 e. The maximum absolute atomic E-state index is 13.2. The Morgan fingerprint density at radius 1 is 0.444 bits per heavy atom. The van der Waals surface area contributed by atoms with Crippen LogP contribution in [-0.4, -0.2) is 41.8 Å². The lowest BCUT2D eigenvalue weighted by Gasteiger charge is -2.40. The highest BCUT2D eigenvalue weighted by Crippen LogP contribution is 2.59. The van der Waals surface area contributed by atoms with Crippen molar-refractivity contribution in [2.24, 2.45) is 5.73 Å². The maximum atomic E-state index is 13.2. The third-order valence-electron chi connectivity index (χ3n) is 3.26. The fourth-order valence-electron chi connectivity index (χ4n) is 1.66. The summed E-state index contributed by atoms with van der Waals surface area (Å²) in [5.74, 6) is -36.5. The van der Waals surface area contributed by atoms with E-state index in [0.717, 1.165) is 0 Å². The summed E-state index contributed by atoms with van der Waals surface area (Å²) in [5.41, 5.74) is 3.25. The van der Waals surface area contributed by atoms with Gasteiger partial charge < -0.3 is 0 Å². The van der Waals surface area contributed by atoms with Gasteiger partial charge in [0, 0.05) is 12.8 Å². The van der Waals surface area contributed by atoms with Crippen molar-refractivity contribution >= 4 is 0 Å². The molecule has 0 spiro atoms. The van der Waals surface area contributed by atoms with Crippen LogP contribution in [0.3, 0.4) is 0 Å². The predicted octanol–water partition coefficient (Wildman–Crippen LogP) is 5.84.